The van der Waals surface area contributed by atoms with E-state index >= 15 is 0 Å². The molecule has 6 nitrogen and oxygen atoms in total. The topological polar surface area (TPSA) is 87.3 Å². The number of hydrogen-bond donors (Lipinski definition) is 3. The van der Waals surface area contributed by atoms with E-state index in [-0.39, 0.29) is 20.6 Å². The van der Waals surface area contributed by atoms with Gasteiger partial charge in [-0.05, 0) is 66.8 Å². The molecule has 0 bridgehead atoms. The van der Waals surface area contributed by atoms with Gasteiger partial charge in [-0.25, -0.2) is 17.5 Å². The third-order valence-electron chi connectivity index (χ3n) is 3.86. The smallest absolute Gasteiger partial charge is 0.264 e. The predicted molar refractivity (Wildman–Crippen MR) is 119 cm³/mol. The van der Waals surface area contributed by atoms with E-state index in [0.29, 0.717) is 11.4 Å². The van der Waals surface area contributed by atoms with Crippen molar-refractivity contribution in [1.82, 2.24) is 4.72 Å². The lowest BCUT2D eigenvalue weighted by Crippen LogP contribution is -2.30. The van der Waals surface area contributed by atoms with Gasteiger partial charge >= 0.3 is 0 Å². The number of amides is 1. The Balaban J connectivity index is 1.64. The molecule has 0 unspecified atom stereocenters. The number of sulfonamides is 1. The van der Waals surface area contributed by atoms with E-state index < -0.39 is 21.7 Å². The van der Waals surface area contributed by atoms with Gasteiger partial charge in [-0.1, -0.05) is 29.8 Å². The molecule has 3 N–H and O–H groups in total. The van der Waals surface area contributed by atoms with Crippen LogP contribution in [0, 0.1) is 5.82 Å². The fourth-order valence-corrected chi connectivity index (χ4v) is 3.80. The van der Waals surface area contributed by atoms with Gasteiger partial charge in [0.05, 0.1) is 9.92 Å². The Morgan fingerprint density at radius 3 is 2.13 bits per heavy atom. The van der Waals surface area contributed by atoms with E-state index in [1.165, 1.54) is 54.6 Å². The van der Waals surface area contributed by atoms with E-state index in [1.807, 2.05) is 4.72 Å². The standard InChI is InChI=1S/C20H15ClFN3O3S2/c21-17-12-15(8-11-18(17)22)24-20(29)23-14-6-9-16(10-7-14)30(27,28)25-19(26)13-4-2-1-3-5-13/h1-12H,(H,25,26)(H2,23,24,29). The van der Waals surface area contributed by atoms with Crippen molar-refractivity contribution in [2.45, 2.75) is 4.90 Å². The second kappa shape index (κ2) is 9.21. The summed E-state index contributed by atoms with van der Waals surface area (Å²) in [5.74, 6) is -1.27. The Labute approximate surface area is 183 Å². The molecular weight excluding hydrogens is 449 g/mol. The van der Waals surface area contributed by atoms with Crippen LogP contribution in [0.15, 0.2) is 77.7 Å². The first-order valence-electron chi connectivity index (χ1n) is 8.50. The van der Waals surface area contributed by atoms with Gasteiger partial charge < -0.3 is 10.6 Å². The van der Waals surface area contributed by atoms with Crippen LogP contribution in [0.1, 0.15) is 10.4 Å². The fraction of sp³-hybridized carbons (Fsp3) is 0. The Morgan fingerprint density at radius 1 is 0.900 bits per heavy atom. The molecule has 154 valence electrons. The number of halogens is 2. The van der Waals surface area contributed by atoms with E-state index in [2.05, 4.69) is 10.6 Å². The van der Waals surface area contributed by atoms with Crippen LogP contribution in [0.25, 0.3) is 0 Å². The molecule has 0 aliphatic heterocycles. The Kier molecular flexibility index (Phi) is 6.66. The molecular formula is C20H15ClFN3O3S2. The highest BCUT2D eigenvalue weighted by molar-refractivity contribution is 7.90. The number of benzene rings is 3. The monoisotopic (exact) mass is 463 g/mol. The summed E-state index contributed by atoms with van der Waals surface area (Å²) in [4.78, 5) is 12.0. The molecule has 1 amide bonds. The molecule has 0 aliphatic carbocycles. The second-order valence-electron chi connectivity index (χ2n) is 6.03. The van der Waals surface area contributed by atoms with Crippen molar-refractivity contribution in [3.63, 3.8) is 0 Å². The van der Waals surface area contributed by atoms with Crippen molar-refractivity contribution in [2.24, 2.45) is 0 Å². The first kappa shape index (κ1) is 21.7. The van der Waals surface area contributed by atoms with E-state index in [0.717, 1.165) is 0 Å². The number of carbonyl (C=O) groups excluding carboxylic acids is 1. The zero-order valence-electron chi connectivity index (χ0n) is 15.2. The average molecular weight is 464 g/mol. The predicted octanol–water partition coefficient (Wildman–Crippen LogP) is 4.41. The minimum Gasteiger partial charge on any atom is -0.332 e. The van der Waals surface area contributed by atoms with Crippen LogP contribution in [0.3, 0.4) is 0 Å². The minimum atomic E-state index is -4.04. The van der Waals surface area contributed by atoms with Gasteiger partial charge in [-0.3, -0.25) is 4.79 Å². The van der Waals surface area contributed by atoms with Crippen molar-refractivity contribution in [3.05, 3.63) is 89.2 Å². The van der Waals surface area contributed by atoms with Gasteiger partial charge in [-0.15, -0.1) is 0 Å². The molecule has 30 heavy (non-hydrogen) atoms. The third kappa shape index (κ3) is 5.53. The van der Waals surface area contributed by atoms with Gasteiger partial charge in [-0.2, -0.15) is 0 Å². The van der Waals surface area contributed by atoms with Crippen LogP contribution in [0.2, 0.25) is 5.02 Å². The van der Waals surface area contributed by atoms with E-state index in [1.54, 1.807) is 18.2 Å². The van der Waals surface area contributed by atoms with Crippen molar-refractivity contribution < 1.29 is 17.6 Å². The molecule has 0 radical (unpaired) electrons. The van der Waals surface area contributed by atoms with Crippen LogP contribution < -0.4 is 15.4 Å². The molecule has 0 saturated heterocycles. The van der Waals surface area contributed by atoms with Crippen LogP contribution in [0.4, 0.5) is 15.8 Å². The highest BCUT2D eigenvalue weighted by Gasteiger charge is 2.18. The molecule has 0 aliphatic rings. The Hall–Kier alpha value is -3.01. The fourth-order valence-electron chi connectivity index (χ4n) is 2.41. The quantitative estimate of drug-likeness (QED) is 0.486. The summed E-state index contributed by atoms with van der Waals surface area (Å²) >= 11 is 10.9. The number of anilines is 2. The van der Waals surface area contributed by atoms with Crippen molar-refractivity contribution >= 4 is 56.2 Å². The van der Waals surface area contributed by atoms with Crippen LogP contribution in [-0.2, 0) is 10.0 Å². The molecule has 3 rings (SSSR count). The summed E-state index contributed by atoms with van der Waals surface area (Å²) in [6.07, 6.45) is 0. The maximum Gasteiger partial charge on any atom is 0.264 e. The summed E-state index contributed by atoms with van der Waals surface area (Å²) < 4.78 is 40.1. The van der Waals surface area contributed by atoms with Gasteiger partial charge in [0.25, 0.3) is 15.9 Å². The van der Waals surface area contributed by atoms with Gasteiger partial charge in [0.15, 0.2) is 5.11 Å². The lowest BCUT2D eigenvalue weighted by molar-refractivity contribution is 0.0981. The number of carbonyl (C=O) groups is 1. The first-order valence-corrected chi connectivity index (χ1v) is 10.8. The van der Waals surface area contributed by atoms with Crippen molar-refractivity contribution in [2.75, 3.05) is 10.6 Å². The number of thiocarbonyl (C=S) groups is 1. The first-order chi connectivity index (χ1) is 14.2. The molecule has 0 saturated carbocycles. The highest BCUT2D eigenvalue weighted by Crippen LogP contribution is 2.20. The van der Waals surface area contributed by atoms with E-state index in [4.69, 9.17) is 23.8 Å². The molecule has 10 heteroatoms. The van der Waals surface area contributed by atoms with Crippen molar-refractivity contribution in [1.29, 1.82) is 0 Å². The molecule has 0 heterocycles. The highest BCUT2D eigenvalue weighted by atomic mass is 35.5. The minimum absolute atomic E-state index is 0.0464. The zero-order valence-corrected chi connectivity index (χ0v) is 17.6. The Morgan fingerprint density at radius 2 is 1.50 bits per heavy atom. The average Bonchev–Trinajstić information content (AvgIpc) is 2.71. The zero-order chi connectivity index (χ0) is 21.7. The number of nitrogens with one attached hydrogen (secondary N) is 3. The van der Waals surface area contributed by atoms with Crippen molar-refractivity contribution in [3.8, 4) is 0 Å². The molecule has 0 spiro atoms. The molecule has 3 aromatic carbocycles. The maximum absolute atomic E-state index is 13.2. The summed E-state index contributed by atoms with van der Waals surface area (Å²) in [6, 6.07) is 17.7. The number of hydrogen-bond acceptors (Lipinski definition) is 4. The van der Waals surface area contributed by atoms with Gasteiger partial charge in [0.2, 0.25) is 0 Å². The SMILES string of the molecule is O=C(NS(=O)(=O)c1ccc(NC(=S)Nc2ccc(F)c(Cl)c2)cc1)c1ccccc1. The normalized spacial score (nSPS) is 10.9. The summed E-state index contributed by atoms with van der Waals surface area (Å²) in [7, 11) is -4.04. The summed E-state index contributed by atoms with van der Waals surface area (Å²) in [5, 5.41) is 5.87. The summed E-state index contributed by atoms with van der Waals surface area (Å²) in [5.41, 5.74) is 1.23. The van der Waals surface area contributed by atoms with Crippen LogP contribution >= 0.6 is 23.8 Å². The lowest BCUT2D eigenvalue weighted by atomic mass is 10.2. The molecule has 0 fully saturated rings. The van der Waals surface area contributed by atoms with E-state index in [9.17, 15) is 17.6 Å². The second-order valence-corrected chi connectivity index (χ2v) is 8.53. The van der Waals surface area contributed by atoms with Gasteiger partial charge in [0, 0.05) is 16.9 Å². The summed E-state index contributed by atoms with van der Waals surface area (Å²) in [6.45, 7) is 0. The molecule has 0 aromatic heterocycles. The maximum atomic E-state index is 13.2. The molecule has 3 aromatic rings. The largest absolute Gasteiger partial charge is 0.332 e. The number of rotatable bonds is 5. The Bertz CT molecular complexity index is 1190. The molecule has 0 atom stereocenters. The van der Waals surface area contributed by atoms with Gasteiger partial charge in [0.1, 0.15) is 5.82 Å². The van der Waals surface area contributed by atoms with Crippen LogP contribution in [-0.4, -0.2) is 19.4 Å². The van der Waals surface area contributed by atoms with Crippen LogP contribution in [0.5, 0.6) is 0 Å². The lowest BCUT2D eigenvalue weighted by Gasteiger charge is -2.12. The third-order valence-corrected chi connectivity index (χ3v) is 5.70.